The van der Waals surface area contributed by atoms with Gasteiger partial charge in [-0.3, -0.25) is 0 Å². The molecule has 1 aliphatic heterocycles. The quantitative estimate of drug-likeness (QED) is 0.938. The molecule has 2 aromatic rings. The van der Waals surface area contributed by atoms with Crippen molar-refractivity contribution in [1.82, 2.24) is 19.9 Å². The van der Waals surface area contributed by atoms with Crippen LogP contribution in [0.2, 0.25) is 0 Å². The number of aryl methyl sites for hydroxylation is 2. The molecule has 1 aliphatic rings. The first kappa shape index (κ1) is 14.7. The van der Waals surface area contributed by atoms with Crippen LogP contribution < -0.4 is 10.2 Å². The normalized spacial score (nSPS) is 18.3. The maximum atomic E-state index is 4.64. The summed E-state index contributed by atoms with van der Waals surface area (Å²) in [5.41, 5.74) is 2.12. The highest BCUT2D eigenvalue weighted by atomic mass is 15.2. The SMILES string of the molecule is CNc1cc([C@H]2CCCN(c3cc(C)ncn3)C2)nc(C)n1. The molecule has 0 saturated carbocycles. The van der Waals surface area contributed by atoms with E-state index < -0.39 is 0 Å². The summed E-state index contributed by atoms with van der Waals surface area (Å²) in [6, 6.07) is 4.11. The third-order valence-electron chi connectivity index (χ3n) is 4.07. The van der Waals surface area contributed by atoms with Crippen molar-refractivity contribution in [1.29, 1.82) is 0 Å². The summed E-state index contributed by atoms with van der Waals surface area (Å²) in [4.78, 5) is 19.9. The molecule has 1 saturated heterocycles. The molecule has 0 aromatic carbocycles. The van der Waals surface area contributed by atoms with Gasteiger partial charge in [-0.1, -0.05) is 0 Å². The van der Waals surface area contributed by atoms with E-state index in [2.05, 4.69) is 36.2 Å². The zero-order valence-electron chi connectivity index (χ0n) is 13.4. The van der Waals surface area contributed by atoms with Crippen LogP contribution in [0.1, 0.15) is 36.0 Å². The number of nitrogens with one attached hydrogen (secondary N) is 1. The molecule has 0 spiro atoms. The van der Waals surface area contributed by atoms with Crippen molar-refractivity contribution in [2.24, 2.45) is 0 Å². The molecule has 0 amide bonds. The van der Waals surface area contributed by atoms with Crippen LogP contribution in [0.5, 0.6) is 0 Å². The van der Waals surface area contributed by atoms with Crippen molar-refractivity contribution in [2.45, 2.75) is 32.6 Å². The molecule has 6 nitrogen and oxygen atoms in total. The second-order valence-electron chi connectivity index (χ2n) is 5.78. The second-order valence-corrected chi connectivity index (χ2v) is 5.78. The highest BCUT2D eigenvalue weighted by molar-refractivity contribution is 5.41. The molecule has 2 aromatic heterocycles. The number of anilines is 2. The number of nitrogens with zero attached hydrogens (tertiary/aromatic N) is 5. The van der Waals surface area contributed by atoms with Gasteiger partial charge < -0.3 is 10.2 Å². The van der Waals surface area contributed by atoms with E-state index in [-0.39, 0.29) is 0 Å². The lowest BCUT2D eigenvalue weighted by atomic mass is 9.94. The van der Waals surface area contributed by atoms with Gasteiger partial charge in [-0.25, -0.2) is 19.9 Å². The molecule has 0 aliphatic carbocycles. The van der Waals surface area contributed by atoms with Crippen molar-refractivity contribution in [3.05, 3.63) is 35.7 Å². The minimum absolute atomic E-state index is 0.415. The summed E-state index contributed by atoms with van der Waals surface area (Å²) >= 11 is 0. The smallest absolute Gasteiger partial charge is 0.132 e. The first-order valence-electron chi connectivity index (χ1n) is 7.72. The molecule has 116 valence electrons. The summed E-state index contributed by atoms with van der Waals surface area (Å²) in [5, 5.41) is 3.11. The Morgan fingerprint density at radius 3 is 2.82 bits per heavy atom. The predicted molar refractivity (Wildman–Crippen MR) is 87.3 cm³/mol. The summed E-state index contributed by atoms with van der Waals surface area (Å²) < 4.78 is 0. The number of hydrogen-bond acceptors (Lipinski definition) is 6. The van der Waals surface area contributed by atoms with E-state index >= 15 is 0 Å². The van der Waals surface area contributed by atoms with Crippen LogP contribution >= 0.6 is 0 Å². The average Bonchev–Trinajstić information content (AvgIpc) is 2.54. The largest absolute Gasteiger partial charge is 0.373 e. The molecule has 0 radical (unpaired) electrons. The van der Waals surface area contributed by atoms with Crippen molar-refractivity contribution in [3.8, 4) is 0 Å². The predicted octanol–water partition coefficient (Wildman–Crippen LogP) is 2.31. The Bertz CT molecular complexity index is 657. The van der Waals surface area contributed by atoms with Crippen LogP contribution in [0.15, 0.2) is 18.5 Å². The Labute approximate surface area is 131 Å². The molecular weight excluding hydrogens is 276 g/mol. The lowest BCUT2D eigenvalue weighted by molar-refractivity contribution is 0.497. The van der Waals surface area contributed by atoms with Gasteiger partial charge in [-0.2, -0.15) is 0 Å². The van der Waals surface area contributed by atoms with Crippen molar-refractivity contribution in [2.75, 3.05) is 30.4 Å². The maximum Gasteiger partial charge on any atom is 0.132 e. The summed E-state index contributed by atoms with van der Waals surface area (Å²) in [6.07, 6.45) is 3.94. The van der Waals surface area contributed by atoms with Crippen LogP contribution in [0, 0.1) is 13.8 Å². The lowest BCUT2D eigenvalue weighted by Crippen LogP contribution is -2.35. The standard InChI is InChI=1S/C16H22N6/c1-11-7-16(19-10-18-11)22-6-4-5-13(9-22)14-8-15(17-3)21-12(2)20-14/h7-8,10,13H,4-6,9H2,1-3H3,(H,17,20,21)/t13-/m0/s1. The third kappa shape index (κ3) is 3.16. The van der Waals surface area contributed by atoms with Crippen LogP contribution in [-0.4, -0.2) is 40.1 Å². The van der Waals surface area contributed by atoms with Gasteiger partial charge in [0, 0.05) is 43.9 Å². The van der Waals surface area contributed by atoms with E-state index in [0.717, 1.165) is 54.8 Å². The number of piperidine rings is 1. The van der Waals surface area contributed by atoms with Crippen LogP contribution in [-0.2, 0) is 0 Å². The zero-order chi connectivity index (χ0) is 15.5. The van der Waals surface area contributed by atoms with Crippen molar-refractivity contribution < 1.29 is 0 Å². The Morgan fingerprint density at radius 1 is 1.18 bits per heavy atom. The molecule has 6 heteroatoms. The van der Waals surface area contributed by atoms with Crippen LogP contribution in [0.3, 0.4) is 0 Å². The number of aromatic nitrogens is 4. The molecule has 1 N–H and O–H groups in total. The van der Waals surface area contributed by atoms with E-state index in [0.29, 0.717) is 5.92 Å². The Kier molecular flexibility index (Phi) is 4.18. The van der Waals surface area contributed by atoms with Gasteiger partial charge in [0.05, 0.1) is 5.69 Å². The molecule has 1 fully saturated rings. The first-order chi connectivity index (χ1) is 10.7. The fourth-order valence-corrected chi connectivity index (χ4v) is 2.97. The molecule has 1 atom stereocenters. The van der Waals surface area contributed by atoms with E-state index in [9.17, 15) is 0 Å². The van der Waals surface area contributed by atoms with Crippen LogP contribution in [0.4, 0.5) is 11.6 Å². The highest BCUT2D eigenvalue weighted by Crippen LogP contribution is 2.29. The van der Waals surface area contributed by atoms with Gasteiger partial charge in [-0.15, -0.1) is 0 Å². The first-order valence-corrected chi connectivity index (χ1v) is 7.72. The fourth-order valence-electron chi connectivity index (χ4n) is 2.97. The van der Waals surface area contributed by atoms with E-state index in [4.69, 9.17) is 0 Å². The molecule has 0 unspecified atom stereocenters. The number of hydrogen-bond donors (Lipinski definition) is 1. The van der Waals surface area contributed by atoms with Crippen molar-refractivity contribution >= 4 is 11.6 Å². The topological polar surface area (TPSA) is 66.8 Å². The zero-order valence-corrected chi connectivity index (χ0v) is 13.4. The molecule has 0 bridgehead atoms. The second kappa shape index (κ2) is 6.25. The molecule has 3 rings (SSSR count). The van der Waals surface area contributed by atoms with Gasteiger partial charge >= 0.3 is 0 Å². The Balaban J connectivity index is 1.82. The molecule has 3 heterocycles. The van der Waals surface area contributed by atoms with E-state index in [1.54, 1.807) is 6.33 Å². The van der Waals surface area contributed by atoms with Gasteiger partial charge in [0.2, 0.25) is 0 Å². The Morgan fingerprint density at radius 2 is 2.05 bits per heavy atom. The third-order valence-corrected chi connectivity index (χ3v) is 4.07. The van der Waals surface area contributed by atoms with Crippen molar-refractivity contribution in [3.63, 3.8) is 0 Å². The average molecular weight is 298 g/mol. The Hall–Kier alpha value is -2.24. The van der Waals surface area contributed by atoms with Gasteiger partial charge in [0.1, 0.15) is 23.8 Å². The lowest BCUT2D eigenvalue weighted by Gasteiger charge is -2.33. The highest BCUT2D eigenvalue weighted by Gasteiger charge is 2.24. The van der Waals surface area contributed by atoms with Crippen LogP contribution in [0.25, 0.3) is 0 Å². The molecule has 22 heavy (non-hydrogen) atoms. The minimum atomic E-state index is 0.415. The summed E-state index contributed by atoms with van der Waals surface area (Å²) in [7, 11) is 1.89. The summed E-state index contributed by atoms with van der Waals surface area (Å²) in [6.45, 7) is 5.92. The summed E-state index contributed by atoms with van der Waals surface area (Å²) in [5.74, 6) is 3.13. The van der Waals surface area contributed by atoms with Gasteiger partial charge in [-0.05, 0) is 26.7 Å². The van der Waals surface area contributed by atoms with E-state index in [1.165, 1.54) is 0 Å². The molecular formula is C16H22N6. The van der Waals surface area contributed by atoms with Gasteiger partial charge in [0.15, 0.2) is 0 Å². The maximum absolute atomic E-state index is 4.64. The number of rotatable bonds is 3. The monoisotopic (exact) mass is 298 g/mol. The minimum Gasteiger partial charge on any atom is -0.373 e. The van der Waals surface area contributed by atoms with Gasteiger partial charge in [0.25, 0.3) is 0 Å². The fraction of sp³-hybridized carbons (Fsp3) is 0.500. The van der Waals surface area contributed by atoms with E-state index in [1.807, 2.05) is 27.0 Å².